The molecule has 3 N–H and O–H groups in total. The van der Waals surface area contributed by atoms with Gasteiger partial charge in [-0.1, -0.05) is 19.1 Å². The van der Waals surface area contributed by atoms with Crippen LogP contribution in [0.1, 0.15) is 36.7 Å². The van der Waals surface area contributed by atoms with E-state index in [1.807, 2.05) is 20.8 Å². The topological polar surface area (TPSA) is 137 Å². The highest BCUT2D eigenvalue weighted by molar-refractivity contribution is 7.92. The third-order valence-corrected chi connectivity index (χ3v) is 5.69. The number of benzene rings is 1. The Morgan fingerprint density at radius 2 is 1.58 bits per heavy atom. The highest BCUT2D eigenvalue weighted by atomic mass is 32.2. The number of carbonyl (C=O) groups is 2. The van der Waals surface area contributed by atoms with Crippen molar-refractivity contribution in [2.75, 3.05) is 22.7 Å². The molecule has 1 aromatic heterocycles. The number of hydrogen-bond acceptors (Lipinski definition) is 6. The largest absolute Gasteiger partial charge is 0.490 e. The van der Waals surface area contributed by atoms with E-state index in [1.165, 1.54) is 24.4 Å². The van der Waals surface area contributed by atoms with Crippen molar-refractivity contribution in [1.82, 2.24) is 4.98 Å². The Morgan fingerprint density at radius 1 is 1.06 bits per heavy atom. The van der Waals surface area contributed by atoms with Gasteiger partial charge in [0.2, 0.25) is 0 Å². The first-order chi connectivity index (χ1) is 15.3. The summed E-state index contributed by atoms with van der Waals surface area (Å²) in [6.45, 7) is 6.97. The summed E-state index contributed by atoms with van der Waals surface area (Å²) in [7, 11) is -3.82. The molecule has 0 fully saturated rings. The maximum atomic E-state index is 12.5. The second-order valence-electron chi connectivity index (χ2n) is 6.48. The maximum Gasteiger partial charge on any atom is 0.490 e. The molecule has 0 bridgehead atoms. The number of carboxylic acid groups (broad SMARTS) is 2. The van der Waals surface area contributed by atoms with Crippen LogP contribution in [0.25, 0.3) is 0 Å². The minimum absolute atomic E-state index is 0.0461. The van der Waals surface area contributed by atoms with Gasteiger partial charge in [0.15, 0.2) is 0 Å². The van der Waals surface area contributed by atoms with E-state index < -0.39 is 28.1 Å². The van der Waals surface area contributed by atoms with Gasteiger partial charge in [0.1, 0.15) is 11.4 Å². The Hall–Kier alpha value is -3.35. The molecule has 2 rings (SSSR count). The molecule has 0 unspecified atom stereocenters. The quantitative estimate of drug-likeness (QED) is 0.509. The molecular formula is C20H24F3N3O6S. The summed E-state index contributed by atoms with van der Waals surface area (Å²) in [6.07, 6.45) is -2.94. The van der Waals surface area contributed by atoms with Crippen molar-refractivity contribution in [2.45, 2.75) is 38.3 Å². The number of halogens is 3. The highest BCUT2D eigenvalue weighted by Gasteiger charge is 2.38. The number of aryl methyl sites for hydroxylation is 1. The molecule has 0 amide bonds. The van der Waals surface area contributed by atoms with E-state index in [-0.39, 0.29) is 16.1 Å². The number of hydrogen-bond donors (Lipinski definition) is 3. The van der Waals surface area contributed by atoms with Crippen molar-refractivity contribution in [2.24, 2.45) is 0 Å². The highest BCUT2D eigenvalue weighted by Crippen LogP contribution is 2.23. The molecule has 1 heterocycles. The molecule has 33 heavy (non-hydrogen) atoms. The van der Waals surface area contributed by atoms with Crippen LogP contribution in [0.15, 0.2) is 41.4 Å². The number of rotatable bonds is 8. The lowest BCUT2D eigenvalue weighted by molar-refractivity contribution is -0.192. The van der Waals surface area contributed by atoms with Gasteiger partial charge < -0.3 is 15.1 Å². The fraction of sp³-hybridized carbons (Fsp3) is 0.350. The van der Waals surface area contributed by atoms with Crippen LogP contribution >= 0.6 is 0 Å². The van der Waals surface area contributed by atoms with Crippen LogP contribution in [0, 0.1) is 0 Å². The van der Waals surface area contributed by atoms with Gasteiger partial charge in [-0.2, -0.15) is 13.2 Å². The van der Waals surface area contributed by atoms with Gasteiger partial charge in [-0.15, -0.1) is 0 Å². The second-order valence-corrected chi connectivity index (χ2v) is 8.16. The molecule has 1 aromatic carbocycles. The zero-order valence-corrected chi connectivity index (χ0v) is 18.9. The van der Waals surface area contributed by atoms with Crippen molar-refractivity contribution in [3.63, 3.8) is 0 Å². The van der Waals surface area contributed by atoms with Crippen LogP contribution in [-0.4, -0.2) is 54.8 Å². The Bertz CT molecular complexity index is 1070. The van der Waals surface area contributed by atoms with Crippen LogP contribution < -0.4 is 9.62 Å². The van der Waals surface area contributed by atoms with E-state index in [2.05, 4.69) is 9.71 Å². The van der Waals surface area contributed by atoms with E-state index in [9.17, 15) is 31.5 Å². The molecule has 0 spiro atoms. The lowest BCUT2D eigenvalue weighted by Gasteiger charge is -2.22. The van der Waals surface area contributed by atoms with Crippen LogP contribution in [-0.2, 0) is 21.2 Å². The van der Waals surface area contributed by atoms with E-state index in [1.54, 1.807) is 17.0 Å². The number of alkyl halides is 3. The van der Waals surface area contributed by atoms with Gasteiger partial charge in [0, 0.05) is 13.1 Å². The summed E-state index contributed by atoms with van der Waals surface area (Å²) in [5.41, 5.74) is 1.09. The first-order valence-corrected chi connectivity index (χ1v) is 11.1. The third-order valence-electron chi connectivity index (χ3n) is 4.30. The number of carboxylic acids is 2. The van der Waals surface area contributed by atoms with E-state index in [0.717, 1.165) is 12.0 Å². The number of aliphatic carboxylic acids is 1. The van der Waals surface area contributed by atoms with E-state index in [0.29, 0.717) is 18.9 Å². The number of anilines is 2. The number of nitrogens with one attached hydrogen (secondary N) is 1. The van der Waals surface area contributed by atoms with E-state index >= 15 is 0 Å². The zero-order chi connectivity index (χ0) is 25.4. The summed E-state index contributed by atoms with van der Waals surface area (Å²) < 4.78 is 59.2. The van der Waals surface area contributed by atoms with Gasteiger partial charge in [-0.05, 0) is 44.0 Å². The van der Waals surface area contributed by atoms with Crippen LogP contribution in [0.5, 0.6) is 0 Å². The first kappa shape index (κ1) is 27.7. The lowest BCUT2D eigenvalue weighted by atomic mass is 10.2. The standard InChI is InChI=1S/C18H23N3O4S.C2HF3O2/c1-4-13-7-9-15(10-8-13)26(24,25)20-14-11-16(18(22)23)17(19-12-14)21(5-2)6-3;3-2(4,5)1(6)7/h7-12,20H,4-6H2,1-3H3,(H,22,23);(H,6,7). The molecule has 0 saturated heterocycles. The molecular weight excluding hydrogens is 467 g/mol. The Balaban J connectivity index is 0.000000675. The summed E-state index contributed by atoms with van der Waals surface area (Å²) in [4.78, 5) is 26.5. The summed E-state index contributed by atoms with van der Waals surface area (Å²) in [5, 5.41) is 16.6. The second kappa shape index (κ2) is 11.5. The van der Waals surface area contributed by atoms with Crippen LogP contribution in [0.2, 0.25) is 0 Å². The number of pyridine rings is 1. The molecule has 0 radical (unpaired) electrons. The first-order valence-electron chi connectivity index (χ1n) is 9.66. The average Bonchev–Trinajstić information content (AvgIpc) is 2.74. The number of aromatic nitrogens is 1. The predicted molar refractivity (Wildman–Crippen MR) is 115 cm³/mol. The number of sulfonamides is 1. The monoisotopic (exact) mass is 491 g/mol. The number of nitrogens with zero attached hydrogens (tertiary/aromatic N) is 2. The molecule has 9 nitrogen and oxygen atoms in total. The summed E-state index contributed by atoms with van der Waals surface area (Å²) in [6, 6.07) is 7.84. The normalized spacial score (nSPS) is 11.2. The van der Waals surface area contributed by atoms with Gasteiger partial charge in [-0.25, -0.2) is 23.0 Å². The molecule has 2 aromatic rings. The summed E-state index contributed by atoms with van der Waals surface area (Å²) >= 11 is 0. The third kappa shape index (κ3) is 7.93. The predicted octanol–water partition coefficient (Wildman–Crippen LogP) is 3.62. The molecule has 0 saturated carbocycles. The molecule has 0 aliphatic rings. The zero-order valence-electron chi connectivity index (χ0n) is 18.0. The van der Waals surface area contributed by atoms with Gasteiger partial charge in [-0.3, -0.25) is 4.72 Å². The van der Waals surface area contributed by atoms with Crippen LogP contribution in [0.3, 0.4) is 0 Å². The van der Waals surface area contributed by atoms with Crippen molar-refractivity contribution in [1.29, 1.82) is 0 Å². The van der Waals surface area contributed by atoms with Crippen LogP contribution in [0.4, 0.5) is 24.7 Å². The fourth-order valence-corrected chi connectivity index (χ4v) is 3.60. The number of aromatic carboxylic acids is 1. The molecule has 182 valence electrons. The van der Waals surface area contributed by atoms with Gasteiger partial charge in [0.25, 0.3) is 10.0 Å². The molecule has 0 aliphatic heterocycles. The fourth-order valence-electron chi connectivity index (χ4n) is 2.56. The van der Waals surface area contributed by atoms with Gasteiger partial charge in [0.05, 0.1) is 16.8 Å². The molecule has 13 heteroatoms. The van der Waals surface area contributed by atoms with Crippen molar-refractivity contribution >= 4 is 33.5 Å². The van der Waals surface area contributed by atoms with Crippen molar-refractivity contribution in [3.8, 4) is 0 Å². The van der Waals surface area contributed by atoms with E-state index in [4.69, 9.17) is 9.90 Å². The maximum absolute atomic E-state index is 12.5. The van der Waals surface area contributed by atoms with Gasteiger partial charge >= 0.3 is 18.1 Å². The SMILES string of the molecule is CCc1ccc(S(=O)(=O)Nc2cnc(N(CC)CC)c(C(=O)O)c2)cc1.O=C(O)C(F)(F)F. The minimum Gasteiger partial charge on any atom is -0.478 e. The van der Waals surface area contributed by atoms with Crippen molar-refractivity contribution in [3.05, 3.63) is 47.7 Å². The smallest absolute Gasteiger partial charge is 0.478 e. The average molecular weight is 491 g/mol. The Kier molecular flexibility index (Phi) is 9.64. The minimum atomic E-state index is -5.08. The summed E-state index contributed by atoms with van der Waals surface area (Å²) in [5.74, 6) is -3.60. The van der Waals surface area contributed by atoms with Crippen molar-refractivity contribution < 1.29 is 41.4 Å². The molecule has 0 aliphatic carbocycles. The Labute approximate surface area is 188 Å². The molecule has 0 atom stereocenters. The Morgan fingerprint density at radius 3 is 1.97 bits per heavy atom. The lowest BCUT2D eigenvalue weighted by Crippen LogP contribution is -2.25.